The average molecular weight is 512 g/mol. The van der Waals surface area contributed by atoms with Gasteiger partial charge in [-0.15, -0.1) is 0 Å². The number of halogens is 3. The highest BCUT2D eigenvalue weighted by Gasteiger charge is 2.30. The molecule has 3 aromatic carbocycles. The van der Waals surface area contributed by atoms with E-state index in [1.165, 1.54) is 11.6 Å². The lowest BCUT2D eigenvalue weighted by Crippen LogP contribution is -2.45. The number of hydrogen-bond acceptors (Lipinski definition) is 5. The van der Waals surface area contributed by atoms with E-state index in [0.717, 1.165) is 68.5 Å². The Morgan fingerprint density at radius 2 is 1.43 bits per heavy atom. The molecule has 5 rings (SSSR count). The topological polar surface area (TPSA) is 54.0 Å². The highest BCUT2D eigenvalue weighted by Crippen LogP contribution is 2.33. The summed E-state index contributed by atoms with van der Waals surface area (Å²) in [5.41, 5.74) is 2.39. The second kappa shape index (κ2) is 10.8. The first-order valence-electron chi connectivity index (χ1n) is 12.2. The summed E-state index contributed by atoms with van der Waals surface area (Å²) in [5, 5.41) is 2.73. The van der Waals surface area contributed by atoms with Crippen molar-refractivity contribution in [3.05, 3.63) is 94.5 Å². The van der Waals surface area contributed by atoms with Crippen LogP contribution in [0.5, 0.6) is 11.5 Å². The number of nitrogens with zero attached hydrogens (tertiary/aromatic N) is 2. The van der Waals surface area contributed by atoms with Crippen molar-refractivity contribution in [1.29, 1.82) is 0 Å². The highest BCUT2D eigenvalue weighted by atomic mass is 19.4. The van der Waals surface area contributed by atoms with Gasteiger partial charge in [-0.05, 0) is 53.1 Å². The molecular weight excluding hydrogens is 483 g/mol. The normalized spacial score (nSPS) is 16.1. The maximum atomic E-state index is 12.9. The molecule has 0 atom stereocenters. The Morgan fingerprint density at radius 3 is 2.16 bits per heavy atom. The summed E-state index contributed by atoms with van der Waals surface area (Å²) in [6.07, 6.45) is -4.41. The second-order valence-corrected chi connectivity index (χ2v) is 9.32. The average Bonchev–Trinajstić information content (AvgIpc) is 3.36. The third-order valence-electron chi connectivity index (χ3n) is 6.61. The van der Waals surface area contributed by atoms with Gasteiger partial charge >= 0.3 is 6.18 Å². The molecule has 1 amide bonds. The maximum absolute atomic E-state index is 12.9. The summed E-state index contributed by atoms with van der Waals surface area (Å²) in [6.45, 7) is 5.58. The van der Waals surface area contributed by atoms with Gasteiger partial charge in [0.2, 0.25) is 6.79 Å². The van der Waals surface area contributed by atoms with Crippen molar-refractivity contribution >= 4 is 5.91 Å². The molecule has 1 saturated heterocycles. The van der Waals surface area contributed by atoms with Crippen LogP contribution in [0, 0.1) is 0 Å². The molecule has 0 aliphatic carbocycles. The number of amides is 1. The predicted octanol–water partition coefficient (Wildman–Crippen LogP) is 4.68. The van der Waals surface area contributed by atoms with E-state index in [-0.39, 0.29) is 19.2 Å². The fraction of sp³-hybridized carbons (Fsp3) is 0.321. The minimum Gasteiger partial charge on any atom is -0.454 e. The highest BCUT2D eigenvalue weighted by molar-refractivity contribution is 5.94. The summed E-state index contributed by atoms with van der Waals surface area (Å²) in [5.74, 6) is 1.28. The molecule has 194 valence electrons. The van der Waals surface area contributed by atoms with E-state index in [2.05, 4.69) is 21.2 Å². The van der Waals surface area contributed by atoms with E-state index in [1.54, 1.807) is 12.1 Å². The molecule has 0 saturated carbocycles. The van der Waals surface area contributed by atoms with Crippen LogP contribution in [0.2, 0.25) is 0 Å². The van der Waals surface area contributed by atoms with Gasteiger partial charge in [-0.3, -0.25) is 14.6 Å². The van der Waals surface area contributed by atoms with E-state index in [0.29, 0.717) is 11.1 Å². The van der Waals surface area contributed by atoms with E-state index in [9.17, 15) is 18.0 Å². The second-order valence-electron chi connectivity index (χ2n) is 9.32. The van der Waals surface area contributed by atoms with Crippen molar-refractivity contribution in [2.24, 2.45) is 0 Å². The molecule has 2 heterocycles. The van der Waals surface area contributed by atoms with Crippen LogP contribution in [0.15, 0.2) is 66.7 Å². The Morgan fingerprint density at radius 1 is 0.784 bits per heavy atom. The Labute approximate surface area is 213 Å². The van der Waals surface area contributed by atoms with Crippen molar-refractivity contribution < 1.29 is 27.4 Å². The van der Waals surface area contributed by atoms with Crippen LogP contribution in [0.4, 0.5) is 13.2 Å². The molecular formula is C28H28F3N3O3. The molecule has 9 heteroatoms. The van der Waals surface area contributed by atoms with Crippen molar-refractivity contribution in [2.45, 2.75) is 25.8 Å². The number of benzene rings is 3. The van der Waals surface area contributed by atoms with E-state index in [4.69, 9.17) is 9.47 Å². The van der Waals surface area contributed by atoms with Crippen LogP contribution >= 0.6 is 0 Å². The fourth-order valence-corrected chi connectivity index (χ4v) is 4.61. The van der Waals surface area contributed by atoms with Crippen molar-refractivity contribution in [2.75, 3.05) is 33.0 Å². The lowest BCUT2D eigenvalue weighted by Gasteiger charge is -2.34. The molecule has 2 aliphatic heterocycles. The van der Waals surface area contributed by atoms with Gasteiger partial charge in [0.15, 0.2) is 11.5 Å². The van der Waals surface area contributed by atoms with E-state index in [1.807, 2.05) is 30.3 Å². The van der Waals surface area contributed by atoms with Gasteiger partial charge in [0, 0.05) is 51.4 Å². The first-order valence-corrected chi connectivity index (χ1v) is 12.2. The maximum Gasteiger partial charge on any atom is 0.416 e. The van der Waals surface area contributed by atoms with Gasteiger partial charge in [-0.2, -0.15) is 13.2 Å². The number of alkyl halides is 3. The van der Waals surface area contributed by atoms with Crippen LogP contribution in [-0.4, -0.2) is 48.7 Å². The molecule has 1 fully saturated rings. The molecule has 37 heavy (non-hydrogen) atoms. The zero-order valence-electron chi connectivity index (χ0n) is 20.3. The number of carbonyl (C=O) groups is 1. The summed E-state index contributed by atoms with van der Waals surface area (Å²) in [6, 6.07) is 18.5. The Hall–Kier alpha value is -3.56. The number of carbonyl (C=O) groups excluding carboxylic acids is 1. The van der Waals surface area contributed by atoms with Crippen molar-refractivity contribution in [3.8, 4) is 11.5 Å². The monoisotopic (exact) mass is 511 g/mol. The minimum absolute atomic E-state index is 0.0261. The minimum atomic E-state index is -4.41. The van der Waals surface area contributed by atoms with Crippen LogP contribution in [0.25, 0.3) is 0 Å². The van der Waals surface area contributed by atoms with Crippen molar-refractivity contribution in [1.82, 2.24) is 15.1 Å². The third-order valence-corrected chi connectivity index (χ3v) is 6.61. The molecule has 6 nitrogen and oxygen atoms in total. The fourth-order valence-electron chi connectivity index (χ4n) is 4.61. The Bertz CT molecular complexity index is 1260. The van der Waals surface area contributed by atoms with Crippen LogP contribution in [0.1, 0.15) is 32.6 Å². The van der Waals surface area contributed by atoms with Gasteiger partial charge in [0.25, 0.3) is 5.91 Å². The molecule has 0 aromatic heterocycles. The summed E-state index contributed by atoms with van der Waals surface area (Å²) in [7, 11) is 0. The van der Waals surface area contributed by atoms with Gasteiger partial charge in [0.1, 0.15) is 0 Å². The number of nitrogens with one attached hydrogen (secondary N) is 1. The summed E-state index contributed by atoms with van der Waals surface area (Å²) >= 11 is 0. The summed E-state index contributed by atoms with van der Waals surface area (Å²) < 4.78 is 49.6. The number of fused-ring (bicyclic) bond motifs is 1. The standard InChI is InChI=1S/C28H28F3N3O3/c29-28(30,31)24-6-2-3-20(14-24)16-32-27(35)23-5-1-4-21(13-23)17-33-9-11-34(12-10-33)18-22-7-8-25-26(15-22)37-19-36-25/h1-8,13-15H,9-12,16-19H2,(H,32,35). The van der Waals surface area contributed by atoms with E-state index < -0.39 is 11.7 Å². The smallest absolute Gasteiger partial charge is 0.416 e. The van der Waals surface area contributed by atoms with Gasteiger partial charge in [0.05, 0.1) is 5.56 Å². The molecule has 1 N–H and O–H groups in total. The zero-order valence-corrected chi connectivity index (χ0v) is 20.3. The lowest BCUT2D eigenvalue weighted by atomic mass is 10.1. The lowest BCUT2D eigenvalue weighted by molar-refractivity contribution is -0.137. The molecule has 2 aliphatic rings. The first-order chi connectivity index (χ1) is 17.8. The first kappa shape index (κ1) is 25.1. The molecule has 0 unspecified atom stereocenters. The molecule has 0 radical (unpaired) electrons. The number of rotatable bonds is 7. The van der Waals surface area contributed by atoms with Gasteiger partial charge in [-0.25, -0.2) is 0 Å². The SMILES string of the molecule is O=C(NCc1cccc(C(F)(F)F)c1)c1cccc(CN2CCN(Cc3ccc4c(c3)OCO4)CC2)c1. The molecule has 0 bridgehead atoms. The largest absolute Gasteiger partial charge is 0.454 e. The number of hydrogen-bond donors (Lipinski definition) is 1. The van der Waals surface area contributed by atoms with Crippen molar-refractivity contribution in [3.63, 3.8) is 0 Å². The third kappa shape index (κ3) is 6.42. The Balaban J connectivity index is 1.11. The predicted molar refractivity (Wildman–Crippen MR) is 132 cm³/mol. The molecule has 3 aromatic rings. The number of ether oxygens (including phenoxy) is 2. The van der Waals surface area contributed by atoms with Crippen LogP contribution < -0.4 is 14.8 Å². The number of piperazine rings is 1. The quantitative estimate of drug-likeness (QED) is 0.499. The van der Waals surface area contributed by atoms with Crippen LogP contribution in [0.3, 0.4) is 0 Å². The van der Waals surface area contributed by atoms with Gasteiger partial charge in [-0.1, -0.05) is 30.3 Å². The van der Waals surface area contributed by atoms with Gasteiger partial charge < -0.3 is 14.8 Å². The summed E-state index contributed by atoms with van der Waals surface area (Å²) in [4.78, 5) is 17.4. The van der Waals surface area contributed by atoms with E-state index >= 15 is 0 Å². The molecule has 0 spiro atoms. The van der Waals surface area contributed by atoms with Crippen LogP contribution in [-0.2, 0) is 25.8 Å². The zero-order chi connectivity index (χ0) is 25.8. The Kier molecular flexibility index (Phi) is 7.34.